The van der Waals surface area contributed by atoms with E-state index in [4.69, 9.17) is 21.4 Å². The van der Waals surface area contributed by atoms with Gasteiger partial charge in [-0.25, -0.2) is 9.97 Å². The van der Waals surface area contributed by atoms with Gasteiger partial charge in [0.2, 0.25) is 0 Å². The van der Waals surface area contributed by atoms with Gasteiger partial charge in [-0.05, 0) is 48.2 Å². The van der Waals surface area contributed by atoms with Gasteiger partial charge in [0, 0.05) is 35.3 Å². The lowest BCUT2D eigenvalue weighted by molar-refractivity contribution is 0.665. The van der Waals surface area contributed by atoms with Gasteiger partial charge in [-0.3, -0.25) is 9.98 Å². The Balaban J connectivity index is 1.37. The molecule has 0 bridgehead atoms. The molecule has 3 aromatic carbocycles. The quantitative estimate of drug-likeness (QED) is 0.163. The monoisotopic (exact) mass is 506 g/mol. The van der Waals surface area contributed by atoms with Crippen LogP contribution < -0.4 is 11.5 Å². The minimum absolute atomic E-state index is 0.462. The zero-order chi connectivity index (χ0) is 26.8. The number of rotatable bonds is 8. The van der Waals surface area contributed by atoms with Crippen molar-refractivity contribution in [1.29, 1.82) is 0 Å². The van der Waals surface area contributed by atoms with Gasteiger partial charge < -0.3 is 21.4 Å². The highest BCUT2D eigenvalue weighted by Gasteiger charge is 2.11. The minimum atomic E-state index is 0.462. The number of benzene rings is 3. The number of aromatic amines is 2. The Morgan fingerprint density at radius 2 is 1.05 bits per heavy atom. The van der Waals surface area contributed by atoms with E-state index in [2.05, 4.69) is 47.6 Å². The highest BCUT2D eigenvalue weighted by molar-refractivity contribution is 6.01. The number of nitrogens with two attached hydrogens (primary N) is 2. The van der Waals surface area contributed by atoms with Crippen LogP contribution in [-0.4, -0.2) is 44.7 Å². The first-order valence-corrected chi connectivity index (χ1v) is 13.0. The molecule has 5 aromatic rings. The van der Waals surface area contributed by atoms with Gasteiger partial charge >= 0.3 is 0 Å². The maximum absolute atomic E-state index is 6.19. The van der Waals surface area contributed by atoms with Crippen molar-refractivity contribution in [1.82, 2.24) is 19.9 Å². The molecule has 6 N–H and O–H groups in total. The summed E-state index contributed by atoms with van der Waals surface area (Å²) >= 11 is 0. The number of nitrogens with zero attached hydrogens (tertiary/aromatic N) is 4. The number of amidine groups is 2. The van der Waals surface area contributed by atoms with Crippen molar-refractivity contribution in [3.05, 3.63) is 71.8 Å². The van der Waals surface area contributed by atoms with Crippen LogP contribution in [0, 0.1) is 11.8 Å². The van der Waals surface area contributed by atoms with Crippen molar-refractivity contribution >= 4 is 33.7 Å². The molecule has 0 fully saturated rings. The van der Waals surface area contributed by atoms with Crippen molar-refractivity contribution < 1.29 is 0 Å². The molecule has 0 aliphatic heterocycles. The lowest BCUT2D eigenvalue weighted by Gasteiger charge is -2.03. The fraction of sp³-hybridized carbons (Fsp3) is 0.267. The van der Waals surface area contributed by atoms with E-state index < -0.39 is 0 Å². The molecule has 0 aliphatic carbocycles. The van der Waals surface area contributed by atoms with Crippen molar-refractivity contribution in [2.45, 2.75) is 27.7 Å². The van der Waals surface area contributed by atoms with Crippen molar-refractivity contribution in [3.63, 3.8) is 0 Å². The lowest BCUT2D eigenvalue weighted by atomic mass is 10.1. The van der Waals surface area contributed by atoms with E-state index in [1.54, 1.807) is 0 Å². The number of fused-ring (bicyclic) bond motifs is 2. The minimum Gasteiger partial charge on any atom is -0.384 e. The van der Waals surface area contributed by atoms with Gasteiger partial charge in [0.15, 0.2) is 0 Å². The third kappa shape index (κ3) is 5.44. The summed E-state index contributed by atoms with van der Waals surface area (Å²) in [6.45, 7) is 9.90. The van der Waals surface area contributed by atoms with E-state index in [9.17, 15) is 0 Å². The predicted octanol–water partition coefficient (Wildman–Crippen LogP) is 5.50. The predicted molar refractivity (Wildman–Crippen MR) is 157 cm³/mol. The third-order valence-electron chi connectivity index (χ3n) is 6.24. The molecule has 0 saturated carbocycles. The Morgan fingerprint density at radius 1 is 0.658 bits per heavy atom. The van der Waals surface area contributed by atoms with Crippen LogP contribution in [0.1, 0.15) is 38.8 Å². The van der Waals surface area contributed by atoms with Crippen LogP contribution in [0.25, 0.3) is 44.8 Å². The van der Waals surface area contributed by atoms with Crippen molar-refractivity contribution in [3.8, 4) is 22.8 Å². The Labute approximate surface area is 222 Å². The van der Waals surface area contributed by atoms with Crippen molar-refractivity contribution in [2.24, 2.45) is 33.3 Å². The van der Waals surface area contributed by atoms with Crippen LogP contribution in [0.3, 0.4) is 0 Å². The molecule has 0 spiro atoms. The van der Waals surface area contributed by atoms with E-state index in [0.29, 0.717) is 36.6 Å². The van der Waals surface area contributed by atoms with E-state index in [-0.39, 0.29) is 0 Å². The highest BCUT2D eigenvalue weighted by Crippen LogP contribution is 2.26. The summed E-state index contributed by atoms with van der Waals surface area (Å²) in [6.07, 6.45) is 0. The number of nitrogens with one attached hydrogen (secondary N) is 2. The molecule has 2 heterocycles. The van der Waals surface area contributed by atoms with Gasteiger partial charge in [-0.1, -0.05) is 52.0 Å². The average Bonchev–Trinajstić information content (AvgIpc) is 3.53. The zero-order valence-corrected chi connectivity index (χ0v) is 22.3. The second kappa shape index (κ2) is 10.5. The van der Waals surface area contributed by atoms with E-state index in [0.717, 1.165) is 56.0 Å². The summed E-state index contributed by atoms with van der Waals surface area (Å²) in [7, 11) is 0. The number of hydrogen-bond acceptors (Lipinski definition) is 4. The van der Waals surface area contributed by atoms with E-state index >= 15 is 0 Å². The fourth-order valence-electron chi connectivity index (χ4n) is 4.14. The molecule has 0 radical (unpaired) electrons. The largest absolute Gasteiger partial charge is 0.384 e. The van der Waals surface area contributed by atoms with Gasteiger partial charge in [0.05, 0.1) is 22.1 Å². The Bertz CT molecular complexity index is 1510. The molecular weight excluding hydrogens is 472 g/mol. The smallest absolute Gasteiger partial charge is 0.138 e. The molecule has 5 rings (SSSR count). The number of hydrogen-bond donors (Lipinski definition) is 4. The molecule has 8 nitrogen and oxygen atoms in total. The number of aromatic nitrogens is 4. The number of aliphatic imine (C=N–C) groups is 2. The Kier molecular flexibility index (Phi) is 6.96. The molecule has 0 atom stereocenters. The fourth-order valence-corrected chi connectivity index (χ4v) is 4.14. The maximum Gasteiger partial charge on any atom is 0.138 e. The van der Waals surface area contributed by atoms with Crippen LogP contribution in [0.2, 0.25) is 0 Å². The van der Waals surface area contributed by atoms with Crippen LogP contribution in [-0.2, 0) is 0 Å². The Morgan fingerprint density at radius 3 is 1.42 bits per heavy atom. The average molecular weight is 507 g/mol. The van der Waals surface area contributed by atoms with Crippen molar-refractivity contribution in [2.75, 3.05) is 13.1 Å². The molecule has 0 unspecified atom stereocenters. The van der Waals surface area contributed by atoms with E-state index in [1.165, 1.54) is 0 Å². The van der Waals surface area contributed by atoms with Gasteiger partial charge in [-0.2, -0.15) is 0 Å². The van der Waals surface area contributed by atoms with Gasteiger partial charge in [-0.15, -0.1) is 0 Å². The summed E-state index contributed by atoms with van der Waals surface area (Å²) < 4.78 is 0. The summed E-state index contributed by atoms with van der Waals surface area (Å²) in [5, 5.41) is 0. The van der Waals surface area contributed by atoms with Crippen LogP contribution in [0.4, 0.5) is 0 Å². The lowest BCUT2D eigenvalue weighted by Crippen LogP contribution is -2.14. The second-order valence-corrected chi connectivity index (χ2v) is 10.5. The first kappa shape index (κ1) is 25.2. The topological polar surface area (TPSA) is 134 Å². The van der Waals surface area contributed by atoms with Crippen LogP contribution in [0.5, 0.6) is 0 Å². The SMILES string of the molecule is CC(C)CN=C(N)c1ccc2nc(-c3ccc(-c4nc5ccc(C(N)=NCC(C)C)cc5[nH]4)cc3)[nH]c2c1. The normalized spacial score (nSPS) is 12.9. The molecule has 38 heavy (non-hydrogen) atoms. The molecule has 8 heteroatoms. The second-order valence-electron chi connectivity index (χ2n) is 10.5. The molecule has 0 aliphatic rings. The summed E-state index contributed by atoms with van der Waals surface area (Å²) in [5.41, 5.74) is 19.8. The first-order chi connectivity index (χ1) is 18.3. The molecular formula is C30H34N8. The third-order valence-corrected chi connectivity index (χ3v) is 6.24. The summed E-state index contributed by atoms with van der Waals surface area (Å²) in [6, 6.07) is 20.1. The highest BCUT2D eigenvalue weighted by atomic mass is 14.9. The van der Waals surface area contributed by atoms with Crippen LogP contribution in [0.15, 0.2) is 70.6 Å². The number of H-pyrrole nitrogens is 2. The van der Waals surface area contributed by atoms with Gasteiger partial charge in [0.25, 0.3) is 0 Å². The summed E-state index contributed by atoms with van der Waals surface area (Å²) in [4.78, 5) is 25.3. The molecule has 194 valence electrons. The van der Waals surface area contributed by atoms with Gasteiger partial charge in [0.1, 0.15) is 23.3 Å². The zero-order valence-electron chi connectivity index (χ0n) is 22.3. The Hall–Kier alpha value is -4.46. The first-order valence-electron chi connectivity index (χ1n) is 13.0. The standard InChI is InChI=1S/C30H34N8/c1-17(2)15-33-27(31)21-9-11-23-25(13-21)37-29(35-23)19-5-7-20(8-6-19)30-36-24-12-10-22(14-26(24)38-30)28(32)34-16-18(3)4/h5-14,17-18H,15-16H2,1-4H3,(H2,31,33)(H2,32,34)(H,35,37)(H,36,38). The number of imidazole rings is 2. The maximum atomic E-state index is 6.19. The van der Waals surface area contributed by atoms with Crippen LogP contribution >= 0.6 is 0 Å². The molecule has 2 aromatic heterocycles. The summed E-state index contributed by atoms with van der Waals surface area (Å²) in [5.74, 6) is 3.61. The molecule has 0 amide bonds. The molecule has 0 saturated heterocycles. The van der Waals surface area contributed by atoms with E-state index in [1.807, 2.05) is 60.7 Å².